The number of nitrogens with one attached hydrogen (secondary N) is 1. The van der Waals surface area contributed by atoms with Crippen LogP contribution in [0, 0.1) is 11.8 Å². The van der Waals surface area contributed by atoms with Gasteiger partial charge in [-0.05, 0) is 49.8 Å². The Balaban J connectivity index is 1.60. The van der Waals surface area contributed by atoms with Crippen LogP contribution in [0.25, 0.3) is 0 Å². The molecular formula is C25H31ClN4O5. The van der Waals surface area contributed by atoms with Crippen LogP contribution in [-0.4, -0.2) is 50.9 Å². The first kappa shape index (κ1) is 25.3. The first-order valence-corrected chi connectivity index (χ1v) is 12.3. The number of ether oxygens (including phenoxy) is 1. The van der Waals surface area contributed by atoms with Gasteiger partial charge in [0.05, 0.1) is 12.2 Å². The molecule has 3 N–H and O–H groups in total. The molecule has 10 heteroatoms. The molecule has 0 amide bonds. The molecule has 0 saturated heterocycles. The van der Waals surface area contributed by atoms with Crippen LogP contribution in [0.1, 0.15) is 37.7 Å². The minimum absolute atomic E-state index is 0.0890. The molecule has 1 fully saturated rings. The summed E-state index contributed by atoms with van der Waals surface area (Å²) in [5.41, 5.74) is 0.380. The highest BCUT2D eigenvalue weighted by Gasteiger charge is 2.34. The normalized spacial score (nSPS) is 21.3. The van der Waals surface area contributed by atoms with Gasteiger partial charge in [-0.25, -0.2) is 4.79 Å². The molecular weight excluding hydrogens is 472 g/mol. The molecule has 9 nitrogen and oxygen atoms in total. The zero-order valence-corrected chi connectivity index (χ0v) is 20.5. The van der Waals surface area contributed by atoms with Gasteiger partial charge in [0.2, 0.25) is 0 Å². The highest BCUT2D eigenvalue weighted by atomic mass is 35.5. The van der Waals surface area contributed by atoms with Crippen molar-refractivity contribution in [3.8, 4) is 11.8 Å². The Bertz CT molecular complexity index is 1210. The van der Waals surface area contributed by atoms with Gasteiger partial charge >= 0.3 is 5.69 Å². The Labute approximate surface area is 208 Å². The molecule has 4 rings (SSSR count). The molecule has 1 aliphatic heterocycles. The molecule has 188 valence electrons. The first-order chi connectivity index (χ1) is 16.9. The standard InChI is InChI=1S/C25H31ClN4O5/c1-28-23-22(24(33)29(25(28)34)13-3-14-31)27-21(30(23)16-17-5-7-18(26)8-6-17)4-2-15-35-20-11-9-19(32)10-12-20/h5-8,19-21,27,31-32H,3,9-16H2,1H3. The maximum atomic E-state index is 13.2. The van der Waals surface area contributed by atoms with Crippen LogP contribution in [0.5, 0.6) is 0 Å². The van der Waals surface area contributed by atoms with Crippen molar-refractivity contribution in [1.29, 1.82) is 0 Å². The molecule has 1 aliphatic carbocycles. The van der Waals surface area contributed by atoms with E-state index in [9.17, 15) is 14.7 Å². The first-order valence-electron chi connectivity index (χ1n) is 11.9. The SMILES string of the molecule is Cn1c2c(c(=O)n(CCCO)c1=O)NC(C#CCOC1CCC(O)CC1)N2Cc1ccc(Cl)cc1. The Hall–Kier alpha value is -2.77. The molecule has 2 heterocycles. The van der Waals surface area contributed by atoms with Crippen LogP contribution in [0.3, 0.4) is 0 Å². The second kappa shape index (κ2) is 11.3. The Kier molecular flexibility index (Phi) is 8.19. The van der Waals surface area contributed by atoms with E-state index in [1.165, 1.54) is 4.57 Å². The summed E-state index contributed by atoms with van der Waals surface area (Å²) < 4.78 is 8.46. The fourth-order valence-corrected chi connectivity index (χ4v) is 4.68. The highest BCUT2D eigenvalue weighted by molar-refractivity contribution is 6.30. The molecule has 1 saturated carbocycles. The smallest absolute Gasteiger partial charge is 0.332 e. The van der Waals surface area contributed by atoms with Crippen molar-refractivity contribution in [3.63, 3.8) is 0 Å². The predicted molar refractivity (Wildman–Crippen MR) is 135 cm³/mol. The number of anilines is 2. The van der Waals surface area contributed by atoms with Crippen LogP contribution < -0.4 is 21.5 Å². The van der Waals surface area contributed by atoms with Crippen LogP contribution in [-0.2, 0) is 24.9 Å². The summed E-state index contributed by atoms with van der Waals surface area (Å²) in [5.74, 6) is 6.68. The number of aliphatic hydroxyl groups excluding tert-OH is 2. The van der Waals surface area contributed by atoms with Crippen molar-refractivity contribution in [2.75, 3.05) is 23.4 Å². The van der Waals surface area contributed by atoms with E-state index in [2.05, 4.69) is 17.2 Å². The maximum Gasteiger partial charge on any atom is 0.332 e. The average Bonchev–Trinajstić information content (AvgIpc) is 3.21. The minimum atomic E-state index is -0.538. The zero-order valence-electron chi connectivity index (χ0n) is 19.7. The van der Waals surface area contributed by atoms with Crippen molar-refractivity contribution in [2.45, 2.75) is 63.6 Å². The van der Waals surface area contributed by atoms with E-state index >= 15 is 0 Å². The van der Waals surface area contributed by atoms with E-state index in [0.29, 0.717) is 29.5 Å². The van der Waals surface area contributed by atoms with Crippen molar-refractivity contribution in [3.05, 3.63) is 55.7 Å². The lowest BCUT2D eigenvalue weighted by molar-refractivity contribution is 0.0111. The largest absolute Gasteiger partial charge is 0.396 e. The van der Waals surface area contributed by atoms with E-state index in [1.807, 2.05) is 17.0 Å². The summed E-state index contributed by atoms with van der Waals surface area (Å²) >= 11 is 6.04. The van der Waals surface area contributed by atoms with Crippen molar-refractivity contribution >= 4 is 23.1 Å². The van der Waals surface area contributed by atoms with Gasteiger partial charge in [0.15, 0.2) is 6.17 Å². The molecule has 1 atom stereocenters. The highest BCUT2D eigenvalue weighted by Crippen LogP contribution is 2.31. The third kappa shape index (κ3) is 5.73. The van der Waals surface area contributed by atoms with Crippen molar-refractivity contribution < 1.29 is 14.9 Å². The van der Waals surface area contributed by atoms with Crippen LogP contribution in [0.15, 0.2) is 33.9 Å². The predicted octanol–water partition coefficient (Wildman–Crippen LogP) is 1.66. The lowest BCUT2D eigenvalue weighted by Gasteiger charge is -2.25. The Morgan fingerprint density at radius 3 is 2.57 bits per heavy atom. The summed E-state index contributed by atoms with van der Waals surface area (Å²) in [6, 6.07) is 7.38. The number of fused-ring (bicyclic) bond motifs is 1. The van der Waals surface area contributed by atoms with Gasteiger partial charge in [-0.15, -0.1) is 0 Å². The summed E-state index contributed by atoms with van der Waals surface area (Å²) in [7, 11) is 1.63. The summed E-state index contributed by atoms with van der Waals surface area (Å²) in [4.78, 5) is 28.0. The molecule has 1 aromatic heterocycles. The number of hydrogen-bond donors (Lipinski definition) is 3. The number of rotatable bonds is 7. The minimum Gasteiger partial charge on any atom is -0.396 e. The lowest BCUT2D eigenvalue weighted by atomic mass is 9.95. The molecule has 35 heavy (non-hydrogen) atoms. The summed E-state index contributed by atoms with van der Waals surface area (Å²) in [6.45, 7) is 0.667. The molecule has 0 radical (unpaired) electrons. The van der Waals surface area contributed by atoms with Gasteiger partial charge in [-0.3, -0.25) is 13.9 Å². The maximum absolute atomic E-state index is 13.2. The Morgan fingerprint density at radius 1 is 1.17 bits per heavy atom. The van der Waals surface area contributed by atoms with E-state index in [4.69, 9.17) is 21.4 Å². The number of nitrogens with zero attached hydrogens (tertiary/aromatic N) is 3. The third-order valence-electron chi connectivity index (χ3n) is 6.46. The zero-order chi connectivity index (χ0) is 24.9. The Morgan fingerprint density at radius 2 is 1.89 bits per heavy atom. The summed E-state index contributed by atoms with van der Waals surface area (Å²) in [5, 5.41) is 22.6. The number of halogens is 1. The number of hydrogen-bond acceptors (Lipinski definition) is 7. The fourth-order valence-electron chi connectivity index (χ4n) is 4.56. The van der Waals surface area contributed by atoms with Crippen LogP contribution in [0.2, 0.25) is 5.02 Å². The monoisotopic (exact) mass is 502 g/mol. The fraction of sp³-hybridized carbons (Fsp3) is 0.520. The van der Waals surface area contributed by atoms with E-state index in [1.54, 1.807) is 19.2 Å². The molecule has 0 spiro atoms. The lowest BCUT2D eigenvalue weighted by Crippen LogP contribution is -2.41. The van der Waals surface area contributed by atoms with E-state index in [0.717, 1.165) is 35.8 Å². The number of aliphatic hydroxyl groups is 2. The molecule has 1 unspecified atom stereocenters. The molecule has 2 aliphatic rings. The summed E-state index contributed by atoms with van der Waals surface area (Å²) in [6.07, 6.45) is 2.72. The molecule has 1 aromatic carbocycles. The third-order valence-corrected chi connectivity index (χ3v) is 6.71. The van der Waals surface area contributed by atoms with E-state index in [-0.39, 0.29) is 32.0 Å². The van der Waals surface area contributed by atoms with Gasteiger partial charge in [0.25, 0.3) is 5.56 Å². The number of aromatic nitrogens is 2. The van der Waals surface area contributed by atoms with Gasteiger partial charge in [-0.1, -0.05) is 35.6 Å². The quantitative estimate of drug-likeness (QED) is 0.494. The molecule has 0 bridgehead atoms. The van der Waals surface area contributed by atoms with Crippen LogP contribution in [0.4, 0.5) is 11.5 Å². The average molecular weight is 503 g/mol. The van der Waals surface area contributed by atoms with Crippen molar-refractivity contribution in [1.82, 2.24) is 9.13 Å². The number of benzene rings is 1. The second-order valence-corrected chi connectivity index (χ2v) is 9.37. The van der Waals surface area contributed by atoms with Crippen molar-refractivity contribution in [2.24, 2.45) is 7.05 Å². The topological polar surface area (TPSA) is 109 Å². The van der Waals surface area contributed by atoms with Gasteiger partial charge in [-0.2, -0.15) is 0 Å². The van der Waals surface area contributed by atoms with Gasteiger partial charge in [0.1, 0.15) is 18.1 Å². The van der Waals surface area contributed by atoms with Gasteiger partial charge < -0.3 is 25.2 Å². The van der Waals surface area contributed by atoms with Crippen LogP contribution >= 0.6 is 11.6 Å². The molecule has 2 aromatic rings. The van der Waals surface area contributed by atoms with E-state index < -0.39 is 17.4 Å². The second-order valence-electron chi connectivity index (χ2n) is 8.94. The van der Waals surface area contributed by atoms with Gasteiger partial charge in [0, 0.05) is 31.8 Å².